The highest BCUT2D eigenvalue weighted by molar-refractivity contribution is 7.80. The Hall–Kier alpha value is -0.0600. The molecule has 0 aromatic heterocycles. The molecule has 0 rings (SSSR count). The molecule has 9 heavy (non-hydrogen) atoms. The Kier molecular flexibility index (Phi) is 6.03. The normalized spacial score (nSPS) is 13.1. The Morgan fingerprint density at radius 3 is 2.78 bits per heavy atom. The lowest BCUT2D eigenvalue weighted by Gasteiger charge is -2.06. The van der Waals surface area contributed by atoms with Crippen molar-refractivity contribution in [2.75, 3.05) is 18.9 Å². The summed E-state index contributed by atoms with van der Waals surface area (Å²) in [5.41, 5.74) is 0. The predicted molar refractivity (Wildman–Crippen MR) is 38.8 cm³/mol. The molecular formula is C5H11NO2S. The van der Waals surface area contributed by atoms with Crippen molar-refractivity contribution >= 4 is 18.9 Å². The third kappa shape index (κ3) is 4.44. The van der Waals surface area contributed by atoms with Gasteiger partial charge in [-0.25, -0.2) is 0 Å². The number of aliphatic hydroxyl groups excluding tert-OH is 1. The maximum atomic E-state index is 9.99. The molecule has 1 atom stereocenters. The van der Waals surface area contributed by atoms with Gasteiger partial charge in [-0.2, -0.15) is 12.6 Å². The highest BCUT2D eigenvalue weighted by atomic mass is 32.1. The van der Waals surface area contributed by atoms with Crippen LogP contribution in [0.1, 0.15) is 0 Å². The van der Waals surface area contributed by atoms with Gasteiger partial charge in [0.05, 0.1) is 12.6 Å². The molecule has 0 bridgehead atoms. The number of hydrogen-bond acceptors (Lipinski definition) is 4. The largest absolute Gasteiger partial charge is 0.394 e. The Bertz CT molecular complexity index is 79.4. The minimum absolute atomic E-state index is 0.142. The molecule has 0 fully saturated rings. The monoisotopic (exact) mass is 149 g/mol. The number of aliphatic hydroxyl groups is 1. The van der Waals surface area contributed by atoms with E-state index in [0.29, 0.717) is 18.6 Å². The number of carbonyl (C=O) groups is 1. The summed E-state index contributed by atoms with van der Waals surface area (Å²) in [6, 6.07) is -0.419. The van der Waals surface area contributed by atoms with Gasteiger partial charge in [0.1, 0.15) is 6.29 Å². The predicted octanol–water partition coefficient (Wildman–Crippen LogP) is -0.934. The maximum Gasteiger partial charge on any atom is 0.139 e. The van der Waals surface area contributed by atoms with Crippen LogP contribution in [0.4, 0.5) is 0 Å². The van der Waals surface area contributed by atoms with E-state index in [9.17, 15) is 4.79 Å². The van der Waals surface area contributed by atoms with Crippen LogP contribution in [0.3, 0.4) is 0 Å². The number of thiol groups is 1. The van der Waals surface area contributed by atoms with Gasteiger partial charge < -0.3 is 15.2 Å². The Labute approximate surface area is 59.9 Å². The molecule has 0 aromatic carbocycles. The van der Waals surface area contributed by atoms with Crippen LogP contribution >= 0.6 is 12.6 Å². The molecule has 0 saturated heterocycles. The van der Waals surface area contributed by atoms with Gasteiger partial charge in [-0.1, -0.05) is 0 Å². The summed E-state index contributed by atoms with van der Waals surface area (Å²) in [5.74, 6) is 0.671. The Morgan fingerprint density at radius 2 is 2.44 bits per heavy atom. The van der Waals surface area contributed by atoms with Gasteiger partial charge in [0.2, 0.25) is 0 Å². The minimum atomic E-state index is -0.419. The summed E-state index contributed by atoms with van der Waals surface area (Å²) >= 11 is 3.91. The van der Waals surface area contributed by atoms with Gasteiger partial charge in [-0.15, -0.1) is 0 Å². The number of hydrogen-bond donors (Lipinski definition) is 3. The summed E-state index contributed by atoms with van der Waals surface area (Å²) < 4.78 is 0. The summed E-state index contributed by atoms with van der Waals surface area (Å²) in [6.45, 7) is 0.504. The Balaban J connectivity index is 3.20. The molecule has 54 valence electrons. The van der Waals surface area contributed by atoms with Gasteiger partial charge in [0.15, 0.2) is 0 Å². The molecule has 4 heteroatoms. The first-order valence-corrected chi connectivity index (χ1v) is 3.38. The molecule has 0 aliphatic carbocycles. The molecule has 0 saturated carbocycles. The molecular weight excluding hydrogens is 138 g/mol. The van der Waals surface area contributed by atoms with Gasteiger partial charge in [0, 0.05) is 12.3 Å². The van der Waals surface area contributed by atoms with Crippen LogP contribution in [-0.4, -0.2) is 36.3 Å². The maximum absolute atomic E-state index is 9.99. The van der Waals surface area contributed by atoms with Gasteiger partial charge in [-0.3, -0.25) is 0 Å². The van der Waals surface area contributed by atoms with Crippen molar-refractivity contribution in [2.24, 2.45) is 0 Å². The fraction of sp³-hybridized carbons (Fsp3) is 0.800. The van der Waals surface area contributed by atoms with E-state index < -0.39 is 6.04 Å². The van der Waals surface area contributed by atoms with Gasteiger partial charge in [0.25, 0.3) is 0 Å². The average molecular weight is 149 g/mol. The highest BCUT2D eigenvalue weighted by Gasteiger charge is 2.00. The quantitative estimate of drug-likeness (QED) is 0.349. The van der Waals surface area contributed by atoms with E-state index >= 15 is 0 Å². The fourth-order valence-corrected chi connectivity index (χ4v) is 0.535. The molecule has 0 unspecified atom stereocenters. The van der Waals surface area contributed by atoms with Crippen LogP contribution in [-0.2, 0) is 4.79 Å². The molecule has 0 aliphatic heterocycles. The van der Waals surface area contributed by atoms with Crippen LogP contribution in [0, 0.1) is 0 Å². The number of nitrogens with one attached hydrogen (secondary N) is 1. The molecule has 0 aliphatic rings. The molecule has 0 aromatic rings. The van der Waals surface area contributed by atoms with Crippen LogP contribution < -0.4 is 5.32 Å². The first-order chi connectivity index (χ1) is 4.35. The lowest BCUT2D eigenvalue weighted by atomic mass is 10.3. The molecule has 3 nitrogen and oxygen atoms in total. The summed E-state index contributed by atoms with van der Waals surface area (Å²) in [6.07, 6.45) is 0.684. The zero-order valence-electron chi connectivity index (χ0n) is 5.08. The van der Waals surface area contributed by atoms with Crippen LogP contribution in [0.2, 0.25) is 0 Å². The van der Waals surface area contributed by atoms with E-state index in [2.05, 4.69) is 17.9 Å². The van der Waals surface area contributed by atoms with Crippen LogP contribution in [0.5, 0.6) is 0 Å². The first-order valence-electron chi connectivity index (χ1n) is 2.75. The number of aldehydes is 1. The standard InChI is InChI=1S/C5H11NO2S/c7-3-5(4-8)6-1-2-9/h3,5-6,8-9H,1-2,4H2/t5-/m1/s1. The lowest BCUT2D eigenvalue weighted by molar-refractivity contribution is -0.110. The molecule has 0 amide bonds. The number of rotatable bonds is 5. The van der Waals surface area contributed by atoms with E-state index in [0.717, 1.165) is 0 Å². The molecule has 0 heterocycles. The SMILES string of the molecule is O=C[C@H](CO)NCCS. The summed E-state index contributed by atoms with van der Waals surface area (Å²) in [7, 11) is 0. The lowest BCUT2D eigenvalue weighted by Crippen LogP contribution is -2.34. The Morgan fingerprint density at radius 1 is 1.78 bits per heavy atom. The van der Waals surface area contributed by atoms with Crippen molar-refractivity contribution in [3.05, 3.63) is 0 Å². The van der Waals surface area contributed by atoms with E-state index in [-0.39, 0.29) is 6.61 Å². The van der Waals surface area contributed by atoms with Crippen molar-refractivity contribution in [1.82, 2.24) is 5.32 Å². The summed E-state index contributed by atoms with van der Waals surface area (Å²) in [5, 5.41) is 11.2. The average Bonchev–Trinajstić information content (AvgIpc) is 1.91. The van der Waals surface area contributed by atoms with Crippen LogP contribution in [0.25, 0.3) is 0 Å². The molecule has 0 radical (unpaired) electrons. The molecule has 0 spiro atoms. The highest BCUT2D eigenvalue weighted by Crippen LogP contribution is 1.75. The fourth-order valence-electron chi connectivity index (χ4n) is 0.406. The minimum Gasteiger partial charge on any atom is -0.394 e. The van der Waals surface area contributed by atoms with E-state index in [1.54, 1.807) is 0 Å². The van der Waals surface area contributed by atoms with E-state index in [1.165, 1.54) is 0 Å². The van der Waals surface area contributed by atoms with Gasteiger partial charge >= 0.3 is 0 Å². The second kappa shape index (κ2) is 6.07. The second-order valence-electron chi connectivity index (χ2n) is 1.60. The number of carbonyl (C=O) groups excluding carboxylic acids is 1. The van der Waals surface area contributed by atoms with Crippen molar-refractivity contribution < 1.29 is 9.90 Å². The van der Waals surface area contributed by atoms with Crippen molar-refractivity contribution in [1.29, 1.82) is 0 Å². The van der Waals surface area contributed by atoms with Crippen molar-refractivity contribution in [3.63, 3.8) is 0 Å². The first kappa shape index (κ1) is 8.94. The zero-order valence-corrected chi connectivity index (χ0v) is 5.97. The van der Waals surface area contributed by atoms with Crippen molar-refractivity contribution in [3.8, 4) is 0 Å². The second-order valence-corrected chi connectivity index (χ2v) is 2.05. The summed E-state index contributed by atoms with van der Waals surface area (Å²) in [4.78, 5) is 9.99. The molecule has 2 N–H and O–H groups in total. The van der Waals surface area contributed by atoms with Crippen molar-refractivity contribution in [2.45, 2.75) is 6.04 Å². The van der Waals surface area contributed by atoms with Gasteiger partial charge in [-0.05, 0) is 0 Å². The van der Waals surface area contributed by atoms with E-state index in [1.807, 2.05) is 0 Å². The smallest absolute Gasteiger partial charge is 0.139 e. The third-order valence-electron chi connectivity index (χ3n) is 0.879. The van der Waals surface area contributed by atoms with E-state index in [4.69, 9.17) is 5.11 Å². The zero-order chi connectivity index (χ0) is 7.11. The topological polar surface area (TPSA) is 49.3 Å². The van der Waals surface area contributed by atoms with Crippen LogP contribution in [0.15, 0.2) is 0 Å². The third-order valence-corrected chi connectivity index (χ3v) is 1.10.